The van der Waals surface area contributed by atoms with E-state index in [1.807, 2.05) is 12.1 Å². The highest BCUT2D eigenvalue weighted by molar-refractivity contribution is 5.98. The Bertz CT molecular complexity index is 316. The van der Waals surface area contributed by atoms with E-state index in [4.69, 9.17) is 5.11 Å². The van der Waals surface area contributed by atoms with Crippen LogP contribution in [0.1, 0.15) is 15.9 Å². The molecule has 0 saturated heterocycles. The van der Waals surface area contributed by atoms with Crippen LogP contribution in [0.4, 0.5) is 0 Å². The molecule has 13 heavy (non-hydrogen) atoms. The van der Waals surface area contributed by atoms with Crippen LogP contribution >= 0.6 is 0 Å². The van der Waals surface area contributed by atoms with Crippen LogP contribution in [0.3, 0.4) is 0 Å². The van der Waals surface area contributed by atoms with Gasteiger partial charge in [-0.2, -0.15) is 0 Å². The minimum absolute atomic E-state index is 0.238. The van der Waals surface area contributed by atoms with Crippen molar-refractivity contribution in [1.29, 1.82) is 0 Å². The molecule has 0 atom stereocenters. The summed E-state index contributed by atoms with van der Waals surface area (Å²) in [6.07, 6.45) is 2.39. The molecule has 0 fully saturated rings. The lowest BCUT2D eigenvalue weighted by molar-refractivity contribution is 0.0903. The van der Waals surface area contributed by atoms with Crippen LogP contribution in [0.15, 0.2) is 36.9 Å². The first-order valence-electron chi connectivity index (χ1n) is 4.12. The van der Waals surface area contributed by atoms with Crippen LogP contribution in [-0.2, 0) is 6.42 Å². The van der Waals surface area contributed by atoms with Crippen molar-refractivity contribution in [1.82, 2.24) is 0 Å². The molecule has 2 heteroatoms. The number of aliphatic hydroxyl groups is 1. The summed E-state index contributed by atoms with van der Waals surface area (Å²) in [7, 11) is 0. The van der Waals surface area contributed by atoms with Crippen molar-refractivity contribution in [2.75, 3.05) is 6.61 Å². The maximum Gasteiger partial charge on any atom is 0.188 e. The number of carbonyl (C=O) groups is 1. The van der Waals surface area contributed by atoms with Crippen LogP contribution in [-0.4, -0.2) is 17.5 Å². The molecule has 0 aliphatic heterocycles. The van der Waals surface area contributed by atoms with Gasteiger partial charge in [0.1, 0.15) is 6.61 Å². The number of hydrogen-bond donors (Lipinski definition) is 1. The molecule has 0 spiro atoms. The van der Waals surface area contributed by atoms with Gasteiger partial charge in [0.05, 0.1) is 0 Å². The summed E-state index contributed by atoms with van der Waals surface area (Å²) in [6.45, 7) is 3.17. The third-order valence-electron chi connectivity index (χ3n) is 1.83. The van der Waals surface area contributed by atoms with Gasteiger partial charge in [-0.1, -0.05) is 30.3 Å². The molecular weight excluding hydrogens is 164 g/mol. The van der Waals surface area contributed by atoms with E-state index in [-0.39, 0.29) is 5.78 Å². The first-order chi connectivity index (χ1) is 6.29. The number of Topliss-reactive ketones (excluding diaryl/α,β-unsaturated/α-hetero) is 1. The van der Waals surface area contributed by atoms with Gasteiger partial charge in [-0.15, -0.1) is 6.58 Å². The first kappa shape index (κ1) is 9.68. The lowest BCUT2D eigenvalue weighted by atomic mass is 10.0. The number of rotatable bonds is 4. The number of carbonyl (C=O) groups excluding carboxylic acids is 1. The van der Waals surface area contributed by atoms with Gasteiger partial charge in [-0.25, -0.2) is 0 Å². The molecule has 2 nitrogen and oxygen atoms in total. The summed E-state index contributed by atoms with van der Waals surface area (Å²) in [6, 6.07) is 7.24. The summed E-state index contributed by atoms with van der Waals surface area (Å²) in [5.74, 6) is -0.238. The molecule has 0 bridgehead atoms. The molecule has 0 saturated carbocycles. The highest BCUT2D eigenvalue weighted by Crippen LogP contribution is 2.10. The molecule has 0 unspecified atom stereocenters. The fraction of sp³-hybridized carbons (Fsp3) is 0.182. The van der Waals surface area contributed by atoms with E-state index >= 15 is 0 Å². The predicted molar refractivity (Wildman–Crippen MR) is 51.8 cm³/mol. The normalized spacial score (nSPS) is 9.62. The third-order valence-corrected chi connectivity index (χ3v) is 1.83. The minimum atomic E-state index is -0.436. The molecule has 1 aromatic carbocycles. The van der Waals surface area contributed by atoms with Crippen molar-refractivity contribution in [3.63, 3.8) is 0 Å². The molecule has 0 heterocycles. The van der Waals surface area contributed by atoms with E-state index in [0.717, 1.165) is 5.56 Å². The van der Waals surface area contributed by atoms with Crippen LogP contribution in [0.2, 0.25) is 0 Å². The maximum atomic E-state index is 11.2. The summed E-state index contributed by atoms with van der Waals surface area (Å²) in [5, 5.41) is 8.71. The van der Waals surface area contributed by atoms with Gasteiger partial charge in [-0.3, -0.25) is 4.79 Å². The zero-order chi connectivity index (χ0) is 9.68. The SMILES string of the molecule is C=CCc1ccccc1C(=O)CO. The van der Waals surface area contributed by atoms with Gasteiger partial charge in [0, 0.05) is 5.56 Å². The molecule has 68 valence electrons. The zero-order valence-electron chi connectivity index (χ0n) is 7.36. The monoisotopic (exact) mass is 176 g/mol. The van der Waals surface area contributed by atoms with Gasteiger partial charge >= 0.3 is 0 Å². The summed E-state index contributed by atoms with van der Waals surface area (Å²) in [4.78, 5) is 11.2. The van der Waals surface area contributed by atoms with E-state index in [0.29, 0.717) is 12.0 Å². The highest BCUT2D eigenvalue weighted by atomic mass is 16.3. The van der Waals surface area contributed by atoms with Crippen molar-refractivity contribution in [2.45, 2.75) is 6.42 Å². The Morgan fingerprint density at radius 3 is 2.77 bits per heavy atom. The Hall–Kier alpha value is -1.41. The van der Waals surface area contributed by atoms with E-state index in [1.54, 1.807) is 18.2 Å². The maximum absolute atomic E-state index is 11.2. The zero-order valence-corrected chi connectivity index (χ0v) is 7.36. The Morgan fingerprint density at radius 1 is 1.46 bits per heavy atom. The number of hydrogen-bond acceptors (Lipinski definition) is 2. The molecule has 1 aromatic rings. The second-order valence-corrected chi connectivity index (χ2v) is 2.73. The number of benzene rings is 1. The predicted octanol–water partition coefficient (Wildman–Crippen LogP) is 1.59. The van der Waals surface area contributed by atoms with Gasteiger partial charge in [0.15, 0.2) is 5.78 Å². The number of aliphatic hydroxyl groups excluding tert-OH is 1. The van der Waals surface area contributed by atoms with E-state index < -0.39 is 6.61 Å². The van der Waals surface area contributed by atoms with Crippen LogP contribution in [0, 0.1) is 0 Å². The second-order valence-electron chi connectivity index (χ2n) is 2.73. The van der Waals surface area contributed by atoms with Crippen molar-refractivity contribution in [3.05, 3.63) is 48.0 Å². The average Bonchev–Trinajstić information content (AvgIpc) is 2.18. The van der Waals surface area contributed by atoms with Crippen LogP contribution in [0.25, 0.3) is 0 Å². The van der Waals surface area contributed by atoms with Crippen LogP contribution in [0.5, 0.6) is 0 Å². The topological polar surface area (TPSA) is 37.3 Å². The second kappa shape index (κ2) is 4.58. The molecule has 0 aliphatic carbocycles. The number of allylic oxidation sites excluding steroid dienone is 1. The smallest absolute Gasteiger partial charge is 0.188 e. The molecule has 0 aliphatic rings. The van der Waals surface area contributed by atoms with E-state index in [2.05, 4.69) is 6.58 Å². The minimum Gasteiger partial charge on any atom is -0.388 e. The first-order valence-corrected chi connectivity index (χ1v) is 4.12. The lowest BCUT2D eigenvalue weighted by Crippen LogP contribution is -2.07. The fourth-order valence-corrected chi connectivity index (χ4v) is 1.21. The molecular formula is C11H12O2. The molecule has 1 rings (SSSR count). The Kier molecular flexibility index (Phi) is 3.41. The quantitative estimate of drug-likeness (QED) is 0.558. The Balaban J connectivity index is 3.03. The average molecular weight is 176 g/mol. The summed E-state index contributed by atoms with van der Waals surface area (Å²) in [5.41, 5.74) is 1.50. The van der Waals surface area contributed by atoms with Gasteiger partial charge in [0.2, 0.25) is 0 Å². The fourth-order valence-electron chi connectivity index (χ4n) is 1.21. The molecule has 0 aromatic heterocycles. The van der Waals surface area contributed by atoms with Gasteiger partial charge in [0.25, 0.3) is 0 Å². The van der Waals surface area contributed by atoms with Crippen molar-refractivity contribution < 1.29 is 9.90 Å². The Labute approximate surface area is 77.5 Å². The van der Waals surface area contributed by atoms with E-state index in [1.165, 1.54) is 0 Å². The highest BCUT2D eigenvalue weighted by Gasteiger charge is 2.07. The van der Waals surface area contributed by atoms with Crippen molar-refractivity contribution in [3.8, 4) is 0 Å². The molecule has 0 radical (unpaired) electrons. The van der Waals surface area contributed by atoms with Crippen LogP contribution < -0.4 is 0 Å². The lowest BCUT2D eigenvalue weighted by Gasteiger charge is -2.03. The van der Waals surface area contributed by atoms with Gasteiger partial charge in [-0.05, 0) is 12.0 Å². The third kappa shape index (κ3) is 2.26. The standard InChI is InChI=1S/C11H12O2/c1-2-5-9-6-3-4-7-10(9)11(13)8-12/h2-4,6-7,12H,1,5,8H2. The number of ketones is 1. The van der Waals surface area contributed by atoms with Crippen molar-refractivity contribution in [2.24, 2.45) is 0 Å². The summed E-state index contributed by atoms with van der Waals surface area (Å²) < 4.78 is 0. The molecule has 0 amide bonds. The summed E-state index contributed by atoms with van der Waals surface area (Å²) >= 11 is 0. The van der Waals surface area contributed by atoms with Crippen molar-refractivity contribution >= 4 is 5.78 Å². The largest absolute Gasteiger partial charge is 0.388 e. The molecule has 1 N–H and O–H groups in total. The van der Waals surface area contributed by atoms with E-state index in [9.17, 15) is 4.79 Å². The van der Waals surface area contributed by atoms with Gasteiger partial charge < -0.3 is 5.11 Å². The Morgan fingerprint density at radius 2 is 2.15 bits per heavy atom.